The fraction of sp³-hybridized carbons (Fsp3) is 0.627. The predicted octanol–water partition coefficient (Wildman–Crippen LogP) is 15.3. The van der Waals surface area contributed by atoms with E-state index in [1.807, 2.05) is 54.7 Å². The van der Waals surface area contributed by atoms with Crippen LogP contribution in [0.3, 0.4) is 0 Å². The number of aromatic amines is 1. The summed E-state index contributed by atoms with van der Waals surface area (Å²) in [5.41, 5.74) is 6.56. The molecule has 67 heavy (non-hydrogen) atoms. The molecule has 5 rings (SSSR count). The van der Waals surface area contributed by atoms with Gasteiger partial charge in [0.1, 0.15) is 12.6 Å². The van der Waals surface area contributed by atoms with Crippen molar-refractivity contribution >= 4 is 22.9 Å². The van der Waals surface area contributed by atoms with Crippen molar-refractivity contribution in [2.24, 2.45) is 0 Å². The number of H-pyrrole nitrogens is 1. The number of hydrogen-bond acceptors (Lipinski definition) is 5. The van der Waals surface area contributed by atoms with Gasteiger partial charge in [-0.25, -0.2) is 4.79 Å². The van der Waals surface area contributed by atoms with E-state index in [1.165, 1.54) is 159 Å². The normalized spacial score (nSPS) is 13.1. The first-order valence-corrected chi connectivity index (χ1v) is 27.2. The number of carbonyl (C=O) groups excluding carboxylic acids is 2. The van der Waals surface area contributed by atoms with Crippen LogP contribution < -0.4 is 10.6 Å². The van der Waals surface area contributed by atoms with E-state index in [4.69, 9.17) is 14.2 Å². The Morgan fingerprint density at radius 3 is 1.61 bits per heavy atom. The van der Waals surface area contributed by atoms with E-state index < -0.39 is 12.1 Å². The fourth-order valence-electron chi connectivity index (χ4n) is 9.82. The van der Waals surface area contributed by atoms with Gasteiger partial charge in [-0.2, -0.15) is 0 Å². The summed E-state index contributed by atoms with van der Waals surface area (Å²) in [7, 11) is 0. The summed E-state index contributed by atoms with van der Waals surface area (Å²) in [5, 5.41) is 7.12. The van der Waals surface area contributed by atoms with Gasteiger partial charge in [-0.15, -0.1) is 0 Å². The lowest BCUT2D eigenvalue weighted by atomic mass is 9.98. The predicted molar refractivity (Wildman–Crippen MR) is 279 cm³/mol. The molecule has 8 nitrogen and oxygen atoms in total. The van der Waals surface area contributed by atoms with Crippen molar-refractivity contribution in [2.45, 2.75) is 205 Å². The van der Waals surface area contributed by atoms with Crippen molar-refractivity contribution in [2.75, 3.05) is 33.0 Å². The minimum atomic E-state index is -0.858. The quantitative estimate of drug-likeness (QED) is 0.0387. The second kappa shape index (κ2) is 33.4. The standard InChI is InChI=1S/C59H89N3O5/c1-3-5-7-9-11-13-15-16-17-18-19-20-21-23-25-33-41-65-46-49(66-42-34-26-24-22-14-12-10-8-6-4-2)45-61-58(63)57(43-48-44-60-56-40-32-31-35-50(48)56)62-59(64)67-47-55-53-38-29-27-36-51(53)52-37-28-30-39-54(52)55/h27-32,35-40,44,49,55,57,60H,3-26,33-34,41-43,45-47H2,1-2H3,(H,61,63)(H,62,64)/t49?,57-/m0/s1. The average Bonchev–Trinajstić information content (AvgIpc) is 3.91. The molecule has 0 saturated carbocycles. The van der Waals surface area contributed by atoms with Gasteiger partial charge >= 0.3 is 6.09 Å². The second-order valence-electron chi connectivity index (χ2n) is 19.4. The van der Waals surface area contributed by atoms with Gasteiger partial charge in [-0.05, 0) is 46.7 Å². The minimum Gasteiger partial charge on any atom is -0.449 e. The monoisotopic (exact) mass is 920 g/mol. The van der Waals surface area contributed by atoms with Gasteiger partial charge < -0.3 is 29.8 Å². The van der Waals surface area contributed by atoms with Crippen LogP contribution in [0.5, 0.6) is 0 Å². The molecule has 1 heterocycles. The number of alkyl carbamates (subject to hydrolysis) is 1. The Hall–Kier alpha value is -4.14. The van der Waals surface area contributed by atoms with Crippen LogP contribution in [0.25, 0.3) is 22.0 Å². The third kappa shape index (κ3) is 20.2. The summed E-state index contributed by atoms with van der Waals surface area (Å²) in [6, 6.07) is 23.8. The smallest absolute Gasteiger partial charge is 0.407 e. The van der Waals surface area contributed by atoms with Crippen molar-refractivity contribution in [3.8, 4) is 11.1 Å². The van der Waals surface area contributed by atoms with Crippen LogP contribution in [0, 0.1) is 0 Å². The lowest BCUT2D eigenvalue weighted by Gasteiger charge is -2.22. The summed E-state index contributed by atoms with van der Waals surface area (Å²) in [6.45, 7) is 6.77. The van der Waals surface area contributed by atoms with E-state index in [1.54, 1.807) is 0 Å². The number of rotatable bonds is 39. The molecule has 1 aromatic heterocycles. The van der Waals surface area contributed by atoms with E-state index in [2.05, 4.69) is 53.7 Å². The highest BCUT2D eigenvalue weighted by Gasteiger charge is 2.30. The maximum Gasteiger partial charge on any atom is 0.407 e. The molecule has 370 valence electrons. The van der Waals surface area contributed by atoms with E-state index in [-0.39, 0.29) is 24.5 Å². The Labute approximate surface area is 405 Å². The molecule has 0 bridgehead atoms. The summed E-state index contributed by atoms with van der Waals surface area (Å²) < 4.78 is 18.6. The first-order valence-electron chi connectivity index (χ1n) is 27.2. The lowest BCUT2D eigenvalue weighted by molar-refractivity contribution is -0.124. The maximum absolute atomic E-state index is 14.1. The lowest BCUT2D eigenvalue weighted by Crippen LogP contribution is -2.50. The molecular weight excluding hydrogens is 831 g/mol. The third-order valence-electron chi connectivity index (χ3n) is 13.9. The van der Waals surface area contributed by atoms with Crippen molar-refractivity contribution in [3.05, 3.63) is 95.7 Å². The molecule has 2 atom stereocenters. The second-order valence-corrected chi connectivity index (χ2v) is 19.4. The van der Waals surface area contributed by atoms with Crippen LogP contribution in [0.2, 0.25) is 0 Å². The molecule has 0 spiro atoms. The Kier molecular flexibility index (Phi) is 26.8. The Morgan fingerprint density at radius 2 is 1.06 bits per heavy atom. The maximum atomic E-state index is 14.1. The van der Waals surface area contributed by atoms with Crippen LogP contribution in [0.15, 0.2) is 79.0 Å². The molecule has 0 saturated heterocycles. The number of para-hydroxylation sites is 1. The number of aromatic nitrogens is 1. The number of ether oxygens (including phenoxy) is 3. The zero-order valence-electron chi connectivity index (χ0n) is 41.9. The van der Waals surface area contributed by atoms with Gasteiger partial charge in [0, 0.05) is 49.2 Å². The van der Waals surface area contributed by atoms with Crippen molar-refractivity contribution in [1.82, 2.24) is 15.6 Å². The minimum absolute atomic E-state index is 0.0771. The number of carbonyl (C=O) groups is 2. The summed E-state index contributed by atoms with van der Waals surface area (Å²) >= 11 is 0. The molecule has 0 aliphatic heterocycles. The number of amides is 2. The molecule has 3 N–H and O–H groups in total. The van der Waals surface area contributed by atoms with E-state index in [9.17, 15) is 9.59 Å². The molecule has 1 unspecified atom stereocenters. The molecular formula is C59H89N3O5. The number of nitrogens with one attached hydrogen (secondary N) is 3. The molecule has 1 aliphatic rings. The van der Waals surface area contributed by atoms with Crippen LogP contribution in [-0.4, -0.2) is 62.1 Å². The Balaban J connectivity index is 1.07. The molecule has 4 aromatic rings. The van der Waals surface area contributed by atoms with Crippen LogP contribution in [0.1, 0.15) is 203 Å². The summed E-state index contributed by atoms with van der Waals surface area (Å²) in [4.78, 5) is 31.1. The molecule has 3 aromatic carbocycles. The highest BCUT2D eigenvalue weighted by Crippen LogP contribution is 2.44. The van der Waals surface area contributed by atoms with Crippen LogP contribution in [-0.2, 0) is 25.4 Å². The topological polar surface area (TPSA) is 102 Å². The molecule has 2 amide bonds. The zero-order valence-corrected chi connectivity index (χ0v) is 41.9. The number of unbranched alkanes of at least 4 members (excludes halogenated alkanes) is 24. The average molecular weight is 920 g/mol. The van der Waals surface area contributed by atoms with Gasteiger partial charge in [0.15, 0.2) is 0 Å². The molecule has 0 fully saturated rings. The number of hydrogen-bond donors (Lipinski definition) is 3. The Morgan fingerprint density at radius 1 is 0.582 bits per heavy atom. The van der Waals surface area contributed by atoms with Crippen molar-refractivity contribution in [1.29, 1.82) is 0 Å². The number of benzene rings is 3. The van der Waals surface area contributed by atoms with Gasteiger partial charge in [-0.3, -0.25) is 4.79 Å². The highest BCUT2D eigenvalue weighted by molar-refractivity contribution is 5.88. The summed E-state index contributed by atoms with van der Waals surface area (Å²) in [6.07, 6.45) is 35.5. The van der Waals surface area contributed by atoms with Gasteiger partial charge in [0.05, 0.1) is 12.7 Å². The van der Waals surface area contributed by atoms with E-state index in [0.717, 1.165) is 46.9 Å². The molecule has 8 heteroatoms. The van der Waals surface area contributed by atoms with Crippen LogP contribution >= 0.6 is 0 Å². The van der Waals surface area contributed by atoms with Gasteiger partial charge in [-0.1, -0.05) is 235 Å². The third-order valence-corrected chi connectivity index (χ3v) is 13.9. The van der Waals surface area contributed by atoms with Gasteiger partial charge in [0.2, 0.25) is 5.91 Å². The van der Waals surface area contributed by atoms with Gasteiger partial charge in [0.25, 0.3) is 0 Å². The number of fused-ring (bicyclic) bond motifs is 4. The SMILES string of the molecule is CCCCCCCCCCCCCCCCCCOCC(CNC(=O)[C@H](Cc1c[nH]c2ccccc12)NC(=O)OCC1c2ccccc2-c2ccccc21)OCCCCCCCCCCCC. The fourth-order valence-corrected chi connectivity index (χ4v) is 9.82. The van der Waals surface area contributed by atoms with Crippen molar-refractivity contribution in [3.63, 3.8) is 0 Å². The zero-order chi connectivity index (χ0) is 47.0. The molecule has 0 radical (unpaired) electrons. The summed E-state index contributed by atoms with van der Waals surface area (Å²) in [5.74, 6) is -0.351. The first-order chi connectivity index (χ1) is 33.1. The largest absolute Gasteiger partial charge is 0.449 e. The highest BCUT2D eigenvalue weighted by atomic mass is 16.5. The van der Waals surface area contributed by atoms with E-state index >= 15 is 0 Å². The first kappa shape index (κ1) is 53.8. The van der Waals surface area contributed by atoms with Crippen molar-refractivity contribution < 1.29 is 23.8 Å². The van der Waals surface area contributed by atoms with Crippen LogP contribution in [0.4, 0.5) is 4.79 Å². The molecule has 1 aliphatic carbocycles. The Bertz CT molecular complexity index is 1880. The van der Waals surface area contributed by atoms with E-state index in [0.29, 0.717) is 32.8 Å².